The van der Waals surface area contributed by atoms with Crippen LogP contribution in [0.4, 0.5) is 0 Å². The van der Waals surface area contributed by atoms with E-state index in [1.807, 2.05) is 0 Å². The number of rotatable bonds is 6. The van der Waals surface area contributed by atoms with Crippen LogP contribution in [0.15, 0.2) is 4.42 Å². The number of aromatic nitrogens is 2. The molecule has 0 aliphatic heterocycles. The van der Waals surface area contributed by atoms with Gasteiger partial charge in [-0.3, -0.25) is 0 Å². The molecule has 1 saturated carbocycles. The van der Waals surface area contributed by atoms with Crippen LogP contribution in [-0.2, 0) is 22.6 Å². The summed E-state index contributed by atoms with van der Waals surface area (Å²) < 4.78 is 10.3. The molecule has 100 valence electrons. The van der Waals surface area contributed by atoms with Gasteiger partial charge in [-0.25, -0.2) is 4.79 Å². The maximum atomic E-state index is 10.3. The van der Waals surface area contributed by atoms with Crippen LogP contribution in [0, 0.1) is 5.92 Å². The van der Waals surface area contributed by atoms with Crippen LogP contribution in [0.5, 0.6) is 0 Å². The van der Waals surface area contributed by atoms with Crippen LogP contribution in [0.2, 0.25) is 0 Å². The fourth-order valence-corrected chi connectivity index (χ4v) is 2.29. The van der Waals surface area contributed by atoms with Crippen molar-refractivity contribution in [3.63, 3.8) is 0 Å². The molecule has 18 heavy (non-hydrogen) atoms. The molecule has 1 aromatic heterocycles. The molecular formula is C12H18N2O4. The number of hydrogen-bond donors (Lipinski definition) is 1. The Morgan fingerprint density at radius 3 is 2.72 bits per heavy atom. The van der Waals surface area contributed by atoms with Crippen LogP contribution < -0.4 is 0 Å². The summed E-state index contributed by atoms with van der Waals surface area (Å²) in [4.78, 5) is 10.3. The summed E-state index contributed by atoms with van der Waals surface area (Å²) in [7, 11) is 0. The number of aliphatic carboxylic acids is 1. The SMILES string of the molecule is O=C(O)COCc1nnc(CC2CCCCC2)o1. The predicted octanol–water partition coefficient (Wildman–Crippen LogP) is 1.79. The third kappa shape index (κ3) is 4.10. The van der Waals surface area contributed by atoms with Crippen LogP contribution in [-0.4, -0.2) is 27.9 Å². The van der Waals surface area contributed by atoms with E-state index in [0.717, 1.165) is 6.42 Å². The maximum absolute atomic E-state index is 10.3. The molecule has 1 N–H and O–H groups in total. The van der Waals surface area contributed by atoms with Crippen molar-refractivity contribution < 1.29 is 19.1 Å². The van der Waals surface area contributed by atoms with E-state index in [1.165, 1.54) is 32.1 Å². The second kappa shape index (κ2) is 6.49. The van der Waals surface area contributed by atoms with Gasteiger partial charge in [0.15, 0.2) is 0 Å². The molecule has 0 radical (unpaired) electrons. The summed E-state index contributed by atoms with van der Waals surface area (Å²) >= 11 is 0. The molecule has 0 aromatic carbocycles. The lowest BCUT2D eigenvalue weighted by molar-refractivity contribution is -0.142. The third-order valence-electron chi connectivity index (χ3n) is 3.15. The first kappa shape index (κ1) is 13.0. The van der Waals surface area contributed by atoms with Crippen LogP contribution in [0.3, 0.4) is 0 Å². The summed E-state index contributed by atoms with van der Waals surface area (Å²) in [5.41, 5.74) is 0. The molecule has 2 rings (SSSR count). The van der Waals surface area contributed by atoms with Crippen molar-refractivity contribution >= 4 is 5.97 Å². The van der Waals surface area contributed by atoms with Gasteiger partial charge in [0.25, 0.3) is 0 Å². The van der Waals surface area contributed by atoms with Crippen molar-refractivity contribution in [1.82, 2.24) is 10.2 Å². The van der Waals surface area contributed by atoms with E-state index in [9.17, 15) is 4.79 Å². The molecule has 1 aliphatic carbocycles. The zero-order valence-electron chi connectivity index (χ0n) is 10.3. The average Bonchev–Trinajstić information content (AvgIpc) is 2.78. The molecule has 6 nitrogen and oxygen atoms in total. The zero-order valence-corrected chi connectivity index (χ0v) is 10.3. The van der Waals surface area contributed by atoms with Gasteiger partial charge < -0.3 is 14.3 Å². The van der Waals surface area contributed by atoms with E-state index in [1.54, 1.807) is 0 Å². The molecule has 1 fully saturated rings. The third-order valence-corrected chi connectivity index (χ3v) is 3.15. The van der Waals surface area contributed by atoms with Crippen LogP contribution in [0.1, 0.15) is 43.9 Å². The highest BCUT2D eigenvalue weighted by Crippen LogP contribution is 2.26. The molecule has 0 saturated heterocycles. The first-order valence-corrected chi connectivity index (χ1v) is 6.35. The van der Waals surface area contributed by atoms with Gasteiger partial charge >= 0.3 is 5.97 Å². The molecule has 0 amide bonds. The van der Waals surface area contributed by atoms with Gasteiger partial charge in [0.1, 0.15) is 13.2 Å². The first-order valence-electron chi connectivity index (χ1n) is 6.35. The second-order valence-electron chi connectivity index (χ2n) is 4.68. The lowest BCUT2D eigenvalue weighted by Crippen LogP contribution is -2.09. The lowest BCUT2D eigenvalue weighted by Gasteiger charge is -2.19. The standard InChI is InChI=1S/C12H18N2O4/c15-12(16)8-17-7-11-14-13-10(18-11)6-9-4-2-1-3-5-9/h9H,1-8H2,(H,15,16). The number of hydrogen-bond acceptors (Lipinski definition) is 5. The van der Waals surface area contributed by atoms with Crippen LogP contribution >= 0.6 is 0 Å². The van der Waals surface area contributed by atoms with Gasteiger partial charge in [-0.2, -0.15) is 0 Å². The minimum absolute atomic E-state index is 0.0595. The highest BCUT2D eigenvalue weighted by molar-refractivity contribution is 5.67. The maximum Gasteiger partial charge on any atom is 0.329 e. The van der Waals surface area contributed by atoms with Gasteiger partial charge in [0, 0.05) is 6.42 Å². The Labute approximate surface area is 105 Å². The lowest BCUT2D eigenvalue weighted by atomic mass is 9.87. The Morgan fingerprint density at radius 1 is 1.28 bits per heavy atom. The van der Waals surface area contributed by atoms with Crippen LogP contribution in [0.25, 0.3) is 0 Å². The minimum Gasteiger partial charge on any atom is -0.480 e. The van der Waals surface area contributed by atoms with Crippen molar-refractivity contribution in [3.05, 3.63) is 11.8 Å². The first-order chi connectivity index (χ1) is 8.74. The monoisotopic (exact) mass is 254 g/mol. The van der Waals surface area contributed by atoms with Crippen molar-refractivity contribution in [2.45, 2.75) is 45.1 Å². The van der Waals surface area contributed by atoms with Gasteiger partial charge in [-0.15, -0.1) is 10.2 Å². The molecule has 0 bridgehead atoms. The molecule has 0 spiro atoms. The normalized spacial score (nSPS) is 16.9. The topological polar surface area (TPSA) is 85.5 Å². The fourth-order valence-electron chi connectivity index (χ4n) is 2.29. The summed E-state index contributed by atoms with van der Waals surface area (Å²) in [5, 5.41) is 16.2. The fraction of sp³-hybridized carbons (Fsp3) is 0.750. The Balaban J connectivity index is 1.76. The highest BCUT2D eigenvalue weighted by Gasteiger charge is 2.17. The number of carbonyl (C=O) groups is 1. The molecule has 6 heteroatoms. The quantitative estimate of drug-likeness (QED) is 0.833. The van der Waals surface area contributed by atoms with Gasteiger partial charge in [-0.05, 0) is 18.8 Å². The van der Waals surface area contributed by atoms with E-state index in [0.29, 0.717) is 17.7 Å². The second-order valence-corrected chi connectivity index (χ2v) is 4.68. The van der Waals surface area contributed by atoms with Crippen molar-refractivity contribution in [2.75, 3.05) is 6.61 Å². The van der Waals surface area contributed by atoms with E-state index < -0.39 is 5.97 Å². The molecule has 0 atom stereocenters. The minimum atomic E-state index is -1.00. The predicted molar refractivity (Wildman–Crippen MR) is 61.9 cm³/mol. The van der Waals surface area contributed by atoms with E-state index in [-0.39, 0.29) is 13.2 Å². The highest BCUT2D eigenvalue weighted by atomic mass is 16.5. The Bertz CT molecular complexity index is 385. The van der Waals surface area contributed by atoms with Crippen molar-refractivity contribution in [3.8, 4) is 0 Å². The van der Waals surface area contributed by atoms with E-state index in [2.05, 4.69) is 10.2 Å². The van der Waals surface area contributed by atoms with Gasteiger partial charge in [0.2, 0.25) is 11.8 Å². The van der Waals surface area contributed by atoms with Crippen molar-refractivity contribution in [1.29, 1.82) is 0 Å². The summed E-state index contributed by atoms with van der Waals surface area (Å²) in [5.74, 6) is 0.627. The van der Waals surface area contributed by atoms with Gasteiger partial charge in [0.05, 0.1) is 0 Å². The summed E-state index contributed by atoms with van der Waals surface area (Å²) in [6.45, 7) is -0.287. The molecule has 1 aliphatic rings. The Kier molecular flexibility index (Phi) is 4.69. The molecular weight excluding hydrogens is 236 g/mol. The molecule has 0 unspecified atom stereocenters. The smallest absolute Gasteiger partial charge is 0.329 e. The average molecular weight is 254 g/mol. The number of ether oxygens (including phenoxy) is 1. The Hall–Kier alpha value is -1.43. The number of carboxylic acids is 1. The molecule has 1 heterocycles. The molecule has 1 aromatic rings. The van der Waals surface area contributed by atoms with E-state index in [4.69, 9.17) is 14.3 Å². The zero-order chi connectivity index (χ0) is 12.8. The summed E-state index contributed by atoms with van der Waals surface area (Å²) in [6, 6.07) is 0. The Morgan fingerprint density at radius 2 is 2.00 bits per heavy atom. The summed E-state index contributed by atoms with van der Waals surface area (Å²) in [6.07, 6.45) is 7.18. The number of carboxylic acid groups (broad SMARTS) is 1. The largest absolute Gasteiger partial charge is 0.480 e. The van der Waals surface area contributed by atoms with Gasteiger partial charge in [-0.1, -0.05) is 19.3 Å². The number of nitrogens with zero attached hydrogens (tertiary/aromatic N) is 2. The van der Waals surface area contributed by atoms with Crippen molar-refractivity contribution in [2.24, 2.45) is 5.92 Å². The van der Waals surface area contributed by atoms with E-state index >= 15 is 0 Å².